The predicted octanol–water partition coefficient (Wildman–Crippen LogP) is -2.57. The summed E-state index contributed by atoms with van der Waals surface area (Å²) >= 11 is 0. The van der Waals surface area contributed by atoms with Gasteiger partial charge in [-0.25, -0.2) is 0 Å². The molecule has 1 unspecified atom stereocenters. The minimum atomic E-state index is -0.495. The van der Waals surface area contributed by atoms with Gasteiger partial charge in [0.2, 0.25) is 0 Å². The molecule has 0 aliphatic carbocycles. The van der Waals surface area contributed by atoms with Gasteiger partial charge in [0.1, 0.15) is 0 Å². The van der Waals surface area contributed by atoms with Crippen molar-refractivity contribution >= 4 is 0 Å². The summed E-state index contributed by atoms with van der Waals surface area (Å²) in [4.78, 5) is 1.72. The van der Waals surface area contributed by atoms with Crippen molar-refractivity contribution in [3.63, 3.8) is 0 Å². The Morgan fingerprint density at radius 3 is 2.20 bits per heavy atom. The second-order valence-electron chi connectivity index (χ2n) is 2.56. The number of nitrogens with zero attached hydrogens (tertiary/aromatic N) is 1. The first-order valence-corrected chi connectivity index (χ1v) is 3.50. The van der Waals surface area contributed by atoms with Gasteiger partial charge in [-0.05, 0) is 14.1 Å². The third-order valence-electron chi connectivity index (χ3n) is 1.38. The molecule has 0 aromatic heterocycles. The predicted molar refractivity (Wildman–Crippen MR) is 37.0 cm³/mol. The van der Waals surface area contributed by atoms with Crippen LogP contribution in [-0.2, 0) is 0 Å². The molecule has 0 spiro atoms. The molecule has 0 amide bonds. The van der Waals surface area contributed by atoms with E-state index < -0.39 is 6.23 Å². The molecule has 0 aliphatic rings. The molecule has 0 heterocycles. The minimum Gasteiger partial charge on any atom is -0.841 e. The Hall–Kier alpha value is 0.517. The van der Waals surface area contributed by atoms with Crippen LogP contribution in [0.1, 0.15) is 26.2 Å². The Labute approximate surface area is 75.8 Å². The van der Waals surface area contributed by atoms with E-state index in [-0.39, 0.29) is 18.9 Å². The van der Waals surface area contributed by atoms with Crippen LogP contribution in [0.5, 0.6) is 0 Å². The van der Waals surface area contributed by atoms with Crippen LogP contribution >= 0.6 is 0 Å². The van der Waals surface area contributed by atoms with Crippen molar-refractivity contribution in [2.45, 2.75) is 32.4 Å². The molecule has 1 atom stereocenters. The summed E-state index contributed by atoms with van der Waals surface area (Å²) in [6, 6.07) is 0. The molecule has 0 saturated carbocycles. The van der Waals surface area contributed by atoms with E-state index in [0.29, 0.717) is 0 Å². The first-order valence-electron chi connectivity index (χ1n) is 3.50. The zero-order valence-corrected chi connectivity index (χ0v) is 7.55. The average molecular weight is 137 g/mol. The van der Waals surface area contributed by atoms with Crippen LogP contribution < -0.4 is 24.0 Å². The van der Waals surface area contributed by atoms with Gasteiger partial charge in [-0.3, -0.25) is 0 Å². The van der Waals surface area contributed by atoms with Crippen molar-refractivity contribution < 1.29 is 24.0 Å². The molecule has 0 N–H and O–H groups in total. The minimum absolute atomic E-state index is 0. The Morgan fingerprint density at radius 2 is 1.90 bits per heavy atom. The fourth-order valence-corrected chi connectivity index (χ4v) is 0.637. The molecule has 10 heavy (non-hydrogen) atoms. The van der Waals surface area contributed by atoms with E-state index in [1.807, 2.05) is 14.1 Å². The summed E-state index contributed by atoms with van der Waals surface area (Å²) in [5, 5.41) is 10.9. The Kier molecular flexibility index (Phi) is 10.0. The average Bonchev–Trinajstić information content (AvgIpc) is 1.82. The van der Waals surface area contributed by atoms with E-state index in [1.165, 1.54) is 0 Å². The van der Waals surface area contributed by atoms with Crippen LogP contribution in [-0.4, -0.2) is 25.2 Å². The second-order valence-corrected chi connectivity index (χ2v) is 2.56. The summed E-state index contributed by atoms with van der Waals surface area (Å²) in [5.41, 5.74) is 0. The van der Waals surface area contributed by atoms with Gasteiger partial charge in [0.15, 0.2) is 0 Å². The van der Waals surface area contributed by atoms with E-state index in [1.54, 1.807) is 4.90 Å². The fraction of sp³-hybridized carbons (Fsp3) is 1.00. The zero-order valence-electron chi connectivity index (χ0n) is 7.55. The van der Waals surface area contributed by atoms with Crippen molar-refractivity contribution in [2.24, 2.45) is 0 Å². The molecule has 0 aromatic rings. The van der Waals surface area contributed by atoms with E-state index in [4.69, 9.17) is 0 Å². The number of hydrogen-bond donors (Lipinski definition) is 0. The van der Waals surface area contributed by atoms with Gasteiger partial charge in [0.25, 0.3) is 0 Å². The molecular weight excluding hydrogens is 121 g/mol. The van der Waals surface area contributed by atoms with Gasteiger partial charge in [0, 0.05) is 0 Å². The molecule has 0 bridgehead atoms. The first kappa shape index (κ1) is 13.1. The van der Waals surface area contributed by atoms with E-state index in [9.17, 15) is 5.11 Å². The first-order chi connectivity index (χ1) is 4.18. The zero-order chi connectivity index (χ0) is 7.28. The Balaban J connectivity index is 0. The van der Waals surface area contributed by atoms with E-state index >= 15 is 0 Å². The molecule has 0 aliphatic heterocycles. The van der Waals surface area contributed by atoms with Crippen molar-refractivity contribution in [3.8, 4) is 0 Å². The van der Waals surface area contributed by atoms with Crippen LogP contribution in [0.25, 0.3) is 0 Å². The van der Waals surface area contributed by atoms with Crippen molar-refractivity contribution in [1.82, 2.24) is 4.90 Å². The quantitative estimate of drug-likeness (QED) is 0.314. The molecule has 0 aromatic carbocycles. The number of unbranched alkanes of at least 4 members (excludes halogenated alkanes) is 1. The third-order valence-corrected chi connectivity index (χ3v) is 1.38. The van der Waals surface area contributed by atoms with E-state index in [2.05, 4.69) is 6.92 Å². The van der Waals surface area contributed by atoms with Gasteiger partial charge < -0.3 is 10.0 Å². The number of hydrogen-bond acceptors (Lipinski definition) is 2. The van der Waals surface area contributed by atoms with Crippen molar-refractivity contribution in [3.05, 3.63) is 0 Å². The molecule has 0 fully saturated rings. The smallest absolute Gasteiger partial charge is 0.841 e. The molecule has 56 valence electrons. The Bertz CT molecular complexity index is 68.6. The second kappa shape index (κ2) is 7.62. The molecule has 3 heteroatoms. The molecule has 0 radical (unpaired) electrons. The Morgan fingerprint density at radius 1 is 1.40 bits per heavy atom. The van der Waals surface area contributed by atoms with Gasteiger partial charge in [-0.15, -0.1) is 0 Å². The maximum absolute atomic E-state index is 10.9. The summed E-state index contributed by atoms with van der Waals surface area (Å²) < 4.78 is 0. The van der Waals surface area contributed by atoms with Gasteiger partial charge in [-0.2, -0.15) is 0 Å². The van der Waals surface area contributed by atoms with Gasteiger partial charge >= 0.3 is 18.9 Å². The largest absolute Gasteiger partial charge is 1.00 e. The maximum Gasteiger partial charge on any atom is 1.00 e. The van der Waals surface area contributed by atoms with Crippen LogP contribution in [0, 0.1) is 0 Å². The normalized spacial score (nSPS) is 12.9. The molecule has 2 nitrogen and oxygen atoms in total. The van der Waals surface area contributed by atoms with Gasteiger partial charge in [-0.1, -0.05) is 32.4 Å². The molecule has 0 saturated heterocycles. The maximum atomic E-state index is 10.9. The monoisotopic (exact) mass is 137 g/mol. The summed E-state index contributed by atoms with van der Waals surface area (Å²) in [6.45, 7) is 2.10. The standard InChI is InChI=1S/C7H16NO.Li/c1-4-5-6-7(9)8(2)3;/h7H,4-6H2,1-3H3;/q-1;+1. The van der Waals surface area contributed by atoms with Crippen LogP contribution in [0.15, 0.2) is 0 Å². The van der Waals surface area contributed by atoms with Crippen LogP contribution in [0.2, 0.25) is 0 Å². The van der Waals surface area contributed by atoms with Crippen LogP contribution in [0.4, 0.5) is 0 Å². The topological polar surface area (TPSA) is 26.3 Å². The number of rotatable bonds is 4. The third kappa shape index (κ3) is 6.63. The summed E-state index contributed by atoms with van der Waals surface area (Å²) in [5.74, 6) is 0. The molecule has 0 rings (SSSR count). The fourth-order valence-electron chi connectivity index (χ4n) is 0.637. The van der Waals surface area contributed by atoms with Crippen LogP contribution in [0.3, 0.4) is 0 Å². The SMILES string of the molecule is CCCCC([O-])N(C)C.[Li+]. The summed E-state index contributed by atoms with van der Waals surface area (Å²) in [7, 11) is 3.65. The summed E-state index contributed by atoms with van der Waals surface area (Å²) in [6.07, 6.45) is 2.45. The van der Waals surface area contributed by atoms with E-state index in [0.717, 1.165) is 19.3 Å². The van der Waals surface area contributed by atoms with Gasteiger partial charge in [0.05, 0.1) is 0 Å². The molecular formula is C7H16LiNO. The van der Waals surface area contributed by atoms with Crippen molar-refractivity contribution in [2.75, 3.05) is 14.1 Å². The van der Waals surface area contributed by atoms with Crippen molar-refractivity contribution in [1.29, 1.82) is 0 Å².